The van der Waals surface area contributed by atoms with Crippen molar-refractivity contribution in [2.75, 3.05) is 12.3 Å². The van der Waals surface area contributed by atoms with Gasteiger partial charge in [0, 0.05) is 6.20 Å². The average molecular weight is 355 g/mol. The summed E-state index contributed by atoms with van der Waals surface area (Å²) >= 11 is 3.99. The minimum absolute atomic E-state index is 0.112. The Morgan fingerprint density at radius 3 is 2.68 bits per heavy atom. The van der Waals surface area contributed by atoms with E-state index in [9.17, 15) is 19.6 Å². The van der Waals surface area contributed by atoms with Crippen LogP contribution in [0.2, 0.25) is 0 Å². The molecule has 13 heteroatoms. The zero-order valence-corrected chi connectivity index (χ0v) is 12.7. The number of nitrogens with zero attached hydrogens (tertiary/aromatic N) is 2. The molecule has 11 nitrogen and oxygen atoms in total. The number of rotatable bonds is 4. The lowest BCUT2D eigenvalue weighted by atomic mass is 10.1. The van der Waals surface area contributed by atoms with Crippen LogP contribution >= 0.6 is 20.5 Å². The highest BCUT2D eigenvalue weighted by Crippen LogP contribution is 2.38. The molecule has 0 unspecified atom stereocenters. The Kier molecular flexibility index (Phi) is 4.94. The SMILES string of the molecule is Nc1nc(=O)n([C@@H]2O[C@H](COP(=O)(O)O)[C@@H](O)[C@H]2O)cc1S. The van der Waals surface area contributed by atoms with Gasteiger partial charge in [-0.25, -0.2) is 9.36 Å². The van der Waals surface area contributed by atoms with Gasteiger partial charge >= 0.3 is 13.5 Å². The molecular formula is C9H14N3O8PS. The van der Waals surface area contributed by atoms with Crippen molar-refractivity contribution in [1.82, 2.24) is 9.55 Å². The molecule has 1 aliphatic rings. The summed E-state index contributed by atoms with van der Waals surface area (Å²) < 4.78 is 21.0. The van der Waals surface area contributed by atoms with Crippen molar-refractivity contribution in [3.05, 3.63) is 16.7 Å². The number of hydrogen-bond donors (Lipinski definition) is 6. The van der Waals surface area contributed by atoms with Gasteiger partial charge in [0.1, 0.15) is 24.1 Å². The third-order valence-corrected chi connectivity index (χ3v) is 3.81. The van der Waals surface area contributed by atoms with E-state index in [0.29, 0.717) is 0 Å². The zero-order chi connectivity index (χ0) is 16.7. The van der Waals surface area contributed by atoms with Gasteiger partial charge in [-0.3, -0.25) is 9.09 Å². The predicted octanol–water partition coefficient (Wildman–Crippen LogP) is -2.16. The molecule has 1 aliphatic heterocycles. The summed E-state index contributed by atoms with van der Waals surface area (Å²) in [5.74, 6) is -0.112. The van der Waals surface area contributed by atoms with E-state index in [1.165, 1.54) is 6.20 Å². The first-order valence-electron chi connectivity index (χ1n) is 5.89. The van der Waals surface area contributed by atoms with Crippen molar-refractivity contribution in [1.29, 1.82) is 0 Å². The second kappa shape index (κ2) is 6.26. The van der Waals surface area contributed by atoms with Crippen molar-refractivity contribution in [3.63, 3.8) is 0 Å². The molecule has 0 aliphatic carbocycles. The smallest absolute Gasteiger partial charge is 0.387 e. The fourth-order valence-corrected chi connectivity index (χ4v) is 2.44. The van der Waals surface area contributed by atoms with Crippen LogP contribution in [0.4, 0.5) is 5.82 Å². The minimum Gasteiger partial charge on any atom is -0.387 e. The Bertz CT molecular complexity index is 663. The van der Waals surface area contributed by atoms with Gasteiger partial charge in [0.05, 0.1) is 11.5 Å². The number of aromatic nitrogens is 2. The summed E-state index contributed by atoms with van der Waals surface area (Å²) in [4.78, 5) is 32.6. The van der Waals surface area contributed by atoms with Crippen LogP contribution in [0, 0.1) is 0 Å². The number of ether oxygens (including phenoxy) is 1. The molecule has 2 rings (SSSR count). The Hall–Kier alpha value is -0.980. The largest absolute Gasteiger partial charge is 0.469 e. The second-order valence-electron chi connectivity index (χ2n) is 4.53. The highest BCUT2D eigenvalue weighted by atomic mass is 32.1. The van der Waals surface area contributed by atoms with Crippen molar-refractivity contribution >= 4 is 26.3 Å². The van der Waals surface area contributed by atoms with Gasteiger partial charge in [-0.2, -0.15) is 4.98 Å². The van der Waals surface area contributed by atoms with Crippen molar-refractivity contribution in [2.45, 2.75) is 29.4 Å². The minimum atomic E-state index is -4.76. The Morgan fingerprint density at radius 1 is 1.45 bits per heavy atom. The molecule has 1 fully saturated rings. The fourth-order valence-electron chi connectivity index (χ4n) is 1.92. The molecule has 0 bridgehead atoms. The van der Waals surface area contributed by atoms with Crippen LogP contribution in [0.3, 0.4) is 0 Å². The van der Waals surface area contributed by atoms with Crippen LogP contribution in [-0.2, 0) is 13.8 Å². The first-order valence-corrected chi connectivity index (χ1v) is 7.87. The lowest BCUT2D eigenvalue weighted by Crippen LogP contribution is -2.36. The Balaban J connectivity index is 2.22. The molecule has 0 radical (unpaired) electrons. The summed E-state index contributed by atoms with van der Waals surface area (Å²) in [6, 6.07) is 0. The molecule has 0 spiro atoms. The number of thiol groups is 1. The molecule has 0 saturated carbocycles. The number of phosphoric acid groups is 1. The number of aliphatic hydroxyl groups is 2. The molecule has 6 N–H and O–H groups in total. The number of anilines is 1. The van der Waals surface area contributed by atoms with Crippen LogP contribution in [-0.4, -0.2) is 54.5 Å². The quantitative estimate of drug-likeness (QED) is 0.257. The van der Waals surface area contributed by atoms with E-state index in [4.69, 9.17) is 20.3 Å². The monoisotopic (exact) mass is 355 g/mol. The Morgan fingerprint density at radius 2 is 2.09 bits per heavy atom. The number of nitrogens with two attached hydrogens (primary N) is 1. The van der Waals surface area contributed by atoms with E-state index in [2.05, 4.69) is 22.1 Å². The van der Waals surface area contributed by atoms with Gasteiger partial charge in [-0.05, 0) is 0 Å². The molecule has 22 heavy (non-hydrogen) atoms. The maximum absolute atomic E-state index is 11.8. The van der Waals surface area contributed by atoms with Crippen LogP contribution < -0.4 is 11.4 Å². The topological polar surface area (TPSA) is 177 Å². The summed E-state index contributed by atoms with van der Waals surface area (Å²) in [5, 5.41) is 19.7. The van der Waals surface area contributed by atoms with Gasteiger partial charge in [-0.15, -0.1) is 12.6 Å². The third-order valence-electron chi connectivity index (χ3n) is 2.98. The second-order valence-corrected chi connectivity index (χ2v) is 6.26. The van der Waals surface area contributed by atoms with E-state index >= 15 is 0 Å². The molecule has 1 saturated heterocycles. The first kappa shape index (κ1) is 17.4. The van der Waals surface area contributed by atoms with Crippen molar-refractivity contribution in [2.24, 2.45) is 0 Å². The molecule has 1 aromatic heterocycles. The van der Waals surface area contributed by atoms with Gasteiger partial charge in [0.2, 0.25) is 0 Å². The van der Waals surface area contributed by atoms with Gasteiger partial charge in [0.25, 0.3) is 0 Å². The summed E-state index contributed by atoms with van der Waals surface area (Å²) in [6.45, 7) is -0.677. The van der Waals surface area contributed by atoms with Crippen molar-refractivity contribution < 1.29 is 33.8 Å². The molecule has 1 aromatic rings. The van der Waals surface area contributed by atoms with E-state index in [1.54, 1.807) is 0 Å². The molecule has 0 aromatic carbocycles. The fraction of sp³-hybridized carbons (Fsp3) is 0.556. The number of phosphoric ester groups is 1. The zero-order valence-electron chi connectivity index (χ0n) is 10.9. The molecule has 4 atom stereocenters. The maximum Gasteiger partial charge on any atom is 0.469 e. The standard InChI is InChI=1S/C9H14N3O8PS/c10-7-4(22)1-12(9(15)11-7)8-6(14)5(13)3(20-8)2-19-21(16,17)18/h1,3,5-6,8,13-14,22H,2H2,(H2,10,11,15)(H2,16,17,18)/t3-,5-,6-,8-/m1/s1. The normalized spacial score (nSPS) is 29.0. The van der Waals surface area contributed by atoms with Gasteiger partial charge < -0.3 is 30.5 Å². The average Bonchev–Trinajstić information content (AvgIpc) is 2.68. The third kappa shape index (κ3) is 3.67. The van der Waals surface area contributed by atoms with E-state index < -0.39 is 44.7 Å². The van der Waals surface area contributed by atoms with Gasteiger partial charge in [0.15, 0.2) is 6.23 Å². The van der Waals surface area contributed by atoms with Crippen molar-refractivity contribution in [3.8, 4) is 0 Å². The van der Waals surface area contributed by atoms with Crippen LogP contribution in [0.1, 0.15) is 6.23 Å². The van der Waals surface area contributed by atoms with E-state index in [0.717, 1.165) is 4.57 Å². The van der Waals surface area contributed by atoms with Crippen LogP contribution in [0.15, 0.2) is 15.9 Å². The summed E-state index contributed by atoms with van der Waals surface area (Å²) in [5.41, 5.74) is 4.57. The highest BCUT2D eigenvalue weighted by Gasteiger charge is 2.45. The molecule has 2 heterocycles. The molecular weight excluding hydrogens is 341 g/mol. The Labute approximate surface area is 129 Å². The lowest BCUT2D eigenvalue weighted by Gasteiger charge is -2.17. The predicted molar refractivity (Wildman–Crippen MR) is 74.1 cm³/mol. The highest BCUT2D eigenvalue weighted by molar-refractivity contribution is 7.80. The number of nitrogen functional groups attached to an aromatic ring is 1. The van der Waals surface area contributed by atoms with Gasteiger partial charge in [-0.1, -0.05) is 0 Å². The first-order chi connectivity index (χ1) is 10.1. The summed E-state index contributed by atoms with van der Waals surface area (Å²) in [6.07, 6.45) is -4.47. The number of aliphatic hydroxyl groups excluding tert-OH is 2. The van der Waals surface area contributed by atoms with E-state index in [1.807, 2.05) is 0 Å². The van der Waals surface area contributed by atoms with E-state index in [-0.39, 0.29) is 10.7 Å². The summed E-state index contributed by atoms with van der Waals surface area (Å²) in [7, 11) is -4.76. The van der Waals surface area contributed by atoms with Crippen LogP contribution in [0.25, 0.3) is 0 Å². The van der Waals surface area contributed by atoms with Crippen LogP contribution in [0.5, 0.6) is 0 Å². The number of hydrogen-bond acceptors (Lipinski definition) is 9. The molecule has 124 valence electrons. The lowest BCUT2D eigenvalue weighted by molar-refractivity contribution is -0.0545. The maximum atomic E-state index is 11.8. The molecule has 0 amide bonds.